The largest absolute Gasteiger partial charge is 0.398 e. The number of benzene rings is 2. The molecule has 108 valence electrons. The highest BCUT2D eigenvalue weighted by atomic mass is 35.5. The van der Waals surface area contributed by atoms with E-state index in [1.807, 2.05) is 0 Å². The minimum Gasteiger partial charge on any atom is -0.398 e. The molecule has 5 heteroatoms. The second kappa shape index (κ2) is 6.50. The monoisotopic (exact) mass is 306 g/mol. The average molecular weight is 307 g/mol. The average Bonchev–Trinajstić information content (AvgIpc) is 2.46. The lowest BCUT2D eigenvalue weighted by Gasteiger charge is -2.06. The fraction of sp³-hybridized carbons (Fsp3) is 0.0625. The van der Waals surface area contributed by atoms with Gasteiger partial charge in [-0.3, -0.25) is 4.99 Å². The van der Waals surface area contributed by atoms with E-state index in [9.17, 15) is 8.78 Å². The number of allylic oxidation sites excluding steroid dienone is 1. The molecule has 0 aliphatic rings. The fourth-order valence-corrected chi connectivity index (χ4v) is 1.96. The zero-order valence-electron chi connectivity index (χ0n) is 11.3. The summed E-state index contributed by atoms with van der Waals surface area (Å²) in [5, 5.41) is 0.598. The molecule has 2 N–H and O–H groups in total. The Morgan fingerprint density at radius 3 is 2.38 bits per heavy atom. The van der Waals surface area contributed by atoms with Gasteiger partial charge in [-0.05, 0) is 35.9 Å². The van der Waals surface area contributed by atoms with E-state index in [1.54, 1.807) is 30.3 Å². The third-order valence-corrected chi connectivity index (χ3v) is 3.17. The summed E-state index contributed by atoms with van der Waals surface area (Å²) in [4.78, 5) is 4.00. The van der Waals surface area contributed by atoms with Gasteiger partial charge in [0.25, 0.3) is 0 Å². The lowest BCUT2D eigenvalue weighted by atomic mass is 10.1. The first-order chi connectivity index (χ1) is 10.0. The van der Waals surface area contributed by atoms with E-state index in [-0.39, 0.29) is 5.56 Å². The van der Waals surface area contributed by atoms with Crippen molar-refractivity contribution >= 4 is 23.0 Å². The third kappa shape index (κ3) is 3.67. The molecule has 2 aromatic carbocycles. The molecule has 0 heterocycles. The Morgan fingerprint density at radius 2 is 1.81 bits per heavy atom. The summed E-state index contributed by atoms with van der Waals surface area (Å²) >= 11 is 5.81. The summed E-state index contributed by atoms with van der Waals surface area (Å²) in [6.07, 6.45) is 1.54. The van der Waals surface area contributed by atoms with E-state index in [2.05, 4.69) is 4.99 Å². The smallest absolute Gasteiger partial charge is 0.135 e. The number of hydrogen-bond acceptors (Lipinski definition) is 2. The number of hydrogen-bond donors (Lipinski definition) is 1. The highest BCUT2D eigenvalue weighted by molar-refractivity contribution is 6.30. The van der Waals surface area contributed by atoms with Gasteiger partial charge in [-0.1, -0.05) is 23.7 Å². The Balaban J connectivity index is 2.38. The van der Waals surface area contributed by atoms with Crippen LogP contribution in [0, 0.1) is 11.6 Å². The van der Waals surface area contributed by atoms with Gasteiger partial charge in [-0.25, -0.2) is 8.78 Å². The Morgan fingerprint density at radius 1 is 1.14 bits per heavy atom. The van der Waals surface area contributed by atoms with Crippen LogP contribution < -0.4 is 5.73 Å². The van der Waals surface area contributed by atoms with E-state index < -0.39 is 11.6 Å². The topological polar surface area (TPSA) is 38.4 Å². The number of rotatable bonds is 3. The summed E-state index contributed by atoms with van der Waals surface area (Å²) in [5.41, 5.74) is 7.66. The lowest BCUT2D eigenvalue weighted by Crippen LogP contribution is -2.06. The molecule has 2 aromatic rings. The van der Waals surface area contributed by atoms with Crippen molar-refractivity contribution in [2.75, 3.05) is 7.05 Å². The fourth-order valence-electron chi connectivity index (χ4n) is 1.83. The van der Waals surface area contributed by atoms with Crippen LogP contribution in [-0.2, 0) is 0 Å². The minimum absolute atomic E-state index is 0.191. The van der Waals surface area contributed by atoms with Crippen molar-refractivity contribution in [2.45, 2.75) is 0 Å². The molecule has 0 fully saturated rings. The first-order valence-corrected chi connectivity index (χ1v) is 6.54. The third-order valence-electron chi connectivity index (χ3n) is 2.92. The Labute approximate surface area is 126 Å². The van der Waals surface area contributed by atoms with Crippen LogP contribution in [0.2, 0.25) is 5.02 Å². The predicted molar refractivity (Wildman–Crippen MR) is 82.4 cm³/mol. The predicted octanol–water partition coefficient (Wildman–Crippen LogP) is 4.04. The van der Waals surface area contributed by atoms with Gasteiger partial charge in [0.1, 0.15) is 11.6 Å². The molecule has 0 atom stereocenters. The molecule has 21 heavy (non-hydrogen) atoms. The minimum atomic E-state index is -0.684. The Hall–Kier alpha value is -2.20. The molecule has 0 aliphatic heterocycles. The molecular formula is C16H13ClF2N2. The molecule has 0 amide bonds. The summed E-state index contributed by atoms with van der Waals surface area (Å²) < 4.78 is 26.7. The first kappa shape index (κ1) is 15.2. The van der Waals surface area contributed by atoms with Crippen molar-refractivity contribution in [3.8, 4) is 0 Å². The molecule has 0 saturated heterocycles. The molecule has 0 spiro atoms. The maximum atomic E-state index is 13.8. The number of aliphatic imine (C=N–C) groups is 1. The van der Waals surface area contributed by atoms with Crippen molar-refractivity contribution < 1.29 is 8.78 Å². The van der Waals surface area contributed by atoms with Crippen LogP contribution in [0.3, 0.4) is 0 Å². The zero-order valence-corrected chi connectivity index (χ0v) is 12.0. The van der Waals surface area contributed by atoms with E-state index in [0.29, 0.717) is 16.4 Å². The highest BCUT2D eigenvalue weighted by Crippen LogP contribution is 2.17. The van der Waals surface area contributed by atoms with Crippen LogP contribution in [0.1, 0.15) is 11.1 Å². The van der Waals surface area contributed by atoms with Crippen molar-refractivity contribution in [3.63, 3.8) is 0 Å². The van der Waals surface area contributed by atoms with Crippen LogP contribution in [0.4, 0.5) is 8.78 Å². The van der Waals surface area contributed by atoms with Gasteiger partial charge in [0, 0.05) is 29.4 Å². The summed E-state index contributed by atoms with van der Waals surface area (Å²) in [7, 11) is 1.52. The first-order valence-electron chi connectivity index (χ1n) is 6.16. The zero-order chi connectivity index (χ0) is 15.4. The van der Waals surface area contributed by atoms with Crippen LogP contribution >= 0.6 is 11.6 Å². The Kier molecular flexibility index (Phi) is 4.70. The molecule has 0 bridgehead atoms. The summed E-state index contributed by atoms with van der Waals surface area (Å²) in [6, 6.07) is 10.2. The number of halogens is 3. The molecular weight excluding hydrogens is 294 g/mol. The second-order valence-corrected chi connectivity index (χ2v) is 4.78. The molecule has 0 unspecified atom stereocenters. The Bertz CT molecular complexity index is 707. The van der Waals surface area contributed by atoms with Gasteiger partial charge < -0.3 is 5.73 Å². The summed E-state index contributed by atoms with van der Waals surface area (Å²) in [5.74, 6) is -1.32. The SMILES string of the molecule is CN=C(C=C(N)c1ccc(Cl)cc1)c1ccc(F)cc1F. The second-order valence-electron chi connectivity index (χ2n) is 4.34. The number of nitrogens with zero attached hydrogens (tertiary/aromatic N) is 1. The van der Waals surface area contributed by atoms with Crippen molar-refractivity contribution in [1.29, 1.82) is 0 Å². The quantitative estimate of drug-likeness (QED) is 0.854. The maximum absolute atomic E-state index is 13.8. The van der Waals surface area contributed by atoms with Crippen molar-refractivity contribution in [2.24, 2.45) is 10.7 Å². The highest BCUT2D eigenvalue weighted by Gasteiger charge is 2.09. The van der Waals surface area contributed by atoms with E-state index in [1.165, 1.54) is 19.2 Å². The molecule has 0 aromatic heterocycles. The van der Waals surface area contributed by atoms with Crippen molar-refractivity contribution in [3.05, 3.63) is 76.3 Å². The molecule has 0 radical (unpaired) electrons. The van der Waals surface area contributed by atoms with Gasteiger partial charge in [0.15, 0.2) is 0 Å². The van der Waals surface area contributed by atoms with Gasteiger partial charge in [0.05, 0.1) is 5.71 Å². The van der Waals surface area contributed by atoms with Crippen LogP contribution in [0.5, 0.6) is 0 Å². The normalized spacial score (nSPS) is 12.6. The van der Waals surface area contributed by atoms with E-state index in [0.717, 1.165) is 11.6 Å². The van der Waals surface area contributed by atoms with E-state index in [4.69, 9.17) is 17.3 Å². The van der Waals surface area contributed by atoms with Gasteiger partial charge in [0.2, 0.25) is 0 Å². The standard InChI is InChI=1S/C16H13ClF2N2/c1-21-16(13-7-6-12(18)8-14(13)19)9-15(20)10-2-4-11(17)5-3-10/h2-9H,20H2,1H3. The van der Waals surface area contributed by atoms with Gasteiger partial charge in [-0.15, -0.1) is 0 Å². The molecule has 2 rings (SSSR count). The van der Waals surface area contributed by atoms with Crippen LogP contribution in [-0.4, -0.2) is 12.8 Å². The number of nitrogens with two attached hydrogens (primary N) is 1. The van der Waals surface area contributed by atoms with Crippen molar-refractivity contribution in [1.82, 2.24) is 0 Å². The van der Waals surface area contributed by atoms with Crippen LogP contribution in [0.15, 0.2) is 53.5 Å². The maximum Gasteiger partial charge on any atom is 0.135 e. The summed E-state index contributed by atoms with van der Waals surface area (Å²) in [6.45, 7) is 0. The molecule has 2 nitrogen and oxygen atoms in total. The lowest BCUT2D eigenvalue weighted by molar-refractivity contribution is 0.582. The van der Waals surface area contributed by atoms with Gasteiger partial charge >= 0.3 is 0 Å². The molecule has 0 aliphatic carbocycles. The van der Waals surface area contributed by atoms with Gasteiger partial charge in [-0.2, -0.15) is 0 Å². The van der Waals surface area contributed by atoms with Crippen LogP contribution in [0.25, 0.3) is 5.70 Å². The van der Waals surface area contributed by atoms with E-state index >= 15 is 0 Å². The molecule has 0 saturated carbocycles.